The SMILES string of the molecule is CCNC(C)(CC(C)N(C)C1CCS(=O)(=O)C1)C(=O)OC. The number of hydrogen-bond acceptors (Lipinski definition) is 6. The Morgan fingerprint density at radius 1 is 1.52 bits per heavy atom. The van der Waals surface area contributed by atoms with Gasteiger partial charge in [-0.3, -0.25) is 9.69 Å². The van der Waals surface area contributed by atoms with E-state index in [1.165, 1.54) is 7.11 Å². The smallest absolute Gasteiger partial charge is 0.325 e. The molecule has 3 atom stereocenters. The number of esters is 1. The molecule has 1 saturated heterocycles. The molecule has 6 nitrogen and oxygen atoms in total. The minimum absolute atomic E-state index is 0.0357. The molecule has 1 aliphatic rings. The average Bonchev–Trinajstić information content (AvgIpc) is 2.77. The van der Waals surface area contributed by atoms with Crippen molar-refractivity contribution in [1.82, 2.24) is 10.2 Å². The lowest BCUT2D eigenvalue weighted by Crippen LogP contribution is -2.54. The number of sulfone groups is 1. The van der Waals surface area contributed by atoms with E-state index in [9.17, 15) is 13.2 Å². The molecule has 1 fully saturated rings. The molecule has 0 aromatic heterocycles. The number of methoxy groups -OCH3 is 1. The summed E-state index contributed by atoms with van der Waals surface area (Å²) in [4.78, 5) is 14.1. The Kier molecular flexibility index (Phi) is 6.19. The molecule has 1 aliphatic heterocycles. The van der Waals surface area contributed by atoms with Crippen molar-refractivity contribution >= 4 is 15.8 Å². The van der Waals surface area contributed by atoms with Crippen molar-refractivity contribution < 1.29 is 17.9 Å². The van der Waals surface area contributed by atoms with Crippen molar-refractivity contribution in [2.24, 2.45) is 0 Å². The standard InChI is InChI=1S/C14H28N2O4S/c1-6-15-14(3,13(17)20-5)9-11(2)16(4)12-7-8-21(18,19)10-12/h11-12,15H,6-10H2,1-5H3. The first-order valence-corrected chi connectivity index (χ1v) is 9.23. The summed E-state index contributed by atoms with van der Waals surface area (Å²) in [6, 6.07) is 0.111. The number of rotatable bonds is 7. The van der Waals surface area contributed by atoms with E-state index in [1.54, 1.807) is 0 Å². The summed E-state index contributed by atoms with van der Waals surface area (Å²) in [7, 11) is 0.417. The minimum atomic E-state index is -2.90. The quantitative estimate of drug-likeness (QED) is 0.686. The van der Waals surface area contributed by atoms with Crippen molar-refractivity contribution in [2.45, 2.75) is 51.2 Å². The highest BCUT2D eigenvalue weighted by molar-refractivity contribution is 7.91. The molecule has 0 bridgehead atoms. The fraction of sp³-hybridized carbons (Fsp3) is 0.929. The van der Waals surface area contributed by atoms with Crippen LogP contribution in [0.15, 0.2) is 0 Å². The molecule has 0 spiro atoms. The molecule has 1 heterocycles. The highest BCUT2D eigenvalue weighted by Crippen LogP contribution is 2.23. The van der Waals surface area contributed by atoms with Crippen molar-refractivity contribution in [3.8, 4) is 0 Å². The van der Waals surface area contributed by atoms with Gasteiger partial charge in [0.05, 0.1) is 18.6 Å². The molecule has 1 N–H and O–H groups in total. The molecule has 3 unspecified atom stereocenters. The minimum Gasteiger partial charge on any atom is -0.468 e. The summed E-state index contributed by atoms with van der Waals surface area (Å²) in [6.45, 7) is 6.46. The first kappa shape index (κ1) is 18.4. The molecule has 1 rings (SSSR count). The highest BCUT2D eigenvalue weighted by Gasteiger charge is 2.38. The normalized spacial score (nSPS) is 25.5. The van der Waals surface area contributed by atoms with Crippen LogP contribution in [0.1, 0.15) is 33.6 Å². The maximum Gasteiger partial charge on any atom is 0.325 e. The zero-order valence-electron chi connectivity index (χ0n) is 13.7. The molecular formula is C14H28N2O4S. The number of nitrogens with zero attached hydrogens (tertiary/aromatic N) is 1. The molecule has 0 saturated carbocycles. The van der Waals surface area contributed by atoms with Gasteiger partial charge in [0.25, 0.3) is 0 Å². The van der Waals surface area contributed by atoms with E-state index < -0.39 is 15.4 Å². The van der Waals surface area contributed by atoms with Gasteiger partial charge in [0.2, 0.25) is 0 Å². The predicted molar refractivity (Wildman–Crippen MR) is 83.0 cm³/mol. The van der Waals surface area contributed by atoms with Crippen LogP contribution in [0.3, 0.4) is 0 Å². The van der Waals surface area contributed by atoms with Crippen molar-refractivity contribution in [3.63, 3.8) is 0 Å². The Morgan fingerprint density at radius 3 is 2.57 bits per heavy atom. The Bertz CT molecular complexity index is 466. The van der Waals surface area contributed by atoms with Gasteiger partial charge < -0.3 is 10.1 Å². The number of carbonyl (C=O) groups excluding carboxylic acids is 1. The lowest BCUT2D eigenvalue weighted by molar-refractivity contribution is -0.148. The summed E-state index contributed by atoms with van der Waals surface area (Å²) in [5.74, 6) is 0.184. The van der Waals surface area contributed by atoms with E-state index in [1.807, 2.05) is 27.8 Å². The third-order valence-electron chi connectivity index (χ3n) is 4.39. The van der Waals surface area contributed by atoms with Crippen molar-refractivity contribution in [1.29, 1.82) is 0 Å². The van der Waals surface area contributed by atoms with Crippen LogP contribution in [-0.2, 0) is 19.4 Å². The fourth-order valence-corrected chi connectivity index (χ4v) is 4.82. The largest absolute Gasteiger partial charge is 0.468 e. The molecular weight excluding hydrogens is 292 g/mol. The molecule has 0 aliphatic carbocycles. The van der Waals surface area contributed by atoms with Crippen LogP contribution in [0.2, 0.25) is 0 Å². The van der Waals surface area contributed by atoms with Gasteiger partial charge >= 0.3 is 5.97 Å². The zero-order valence-corrected chi connectivity index (χ0v) is 14.5. The Labute approximate surface area is 128 Å². The molecule has 124 valence electrons. The predicted octanol–water partition coefficient (Wildman–Crippen LogP) is 0.425. The van der Waals surface area contributed by atoms with Gasteiger partial charge in [-0.15, -0.1) is 0 Å². The van der Waals surface area contributed by atoms with Gasteiger partial charge in [0.15, 0.2) is 9.84 Å². The van der Waals surface area contributed by atoms with Gasteiger partial charge in [-0.2, -0.15) is 0 Å². The summed E-state index contributed by atoms with van der Waals surface area (Å²) in [5.41, 5.74) is -0.755. The number of likely N-dealkylation sites (N-methyl/N-ethyl adjacent to an activating group) is 1. The molecule has 0 radical (unpaired) electrons. The third-order valence-corrected chi connectivity index (χ3v) is 6.14. The molecule has 0 aromatic carbocycles. The zero-order chi connectivity index (χ0) is 16.3. The first-order valence-electron chi connectivity index (χ1n) is 7.41. The fourth-order valence-electron chi connectivity index (χ4n) is 3.03. The second kappa shape index (κ2) is 7.07. The summed E-state index contributed by atoms with van der Waals surface area (Å²) in [5, 5.41) is 3.18. The third kappa shape index (κ3) is 4.66. The Hall–Kier alpha value is -0.660. The Morgan fingerprint density at radius 2 is 2.14 bits per heavy atom. The second-order valence-corrected chi connectivity index (χ2v) is 8.36. The average molecular weight is 320 g/mol. The first-order chi connectivity index (χ1) is 9.65. The van der Waals surface area contributed by atoms with Crippen LogP contribution in [-0.4, -0.2) is 69.1 Å². The Balaban J connectivity index is 2.73. The molecule has 21 heavy (non-hydrogen) atoms. The van der Waals surface area contributed by atoms with Crippen LogP contribution in [0, 0.1) is 0 Å². The van der Waals surface area contributed by atoms with E-state index in [-0.39, 0.29) is 29.6 Å². The van der Waals surface area contributed by atoms with Crippen LogP contribution in [0.25, 0.3) is 0 Å². The maximum absolute atomic E-state index is 12.0. The van der Waals surface area contributed by atoms with E-state index >= 15 is 0 Å². The molecule has 0 aromatic rings. The van der Waals surface area contributed by atoms with Crippen LogP contribution in [0.4, 0.5) is 0 Å². The van der Waals surface area contributed by atoms with E-state index in [4.69, 9.17) is 4.74 Å². The van der Waals surface area contributed by atoms with Gasteiger partial charge in [-0.25, -0.2) is 8.42 Å². The molecule has 0 amide bonds. The number of carbonyl (C=O) groups is 1. The number of ether oxygens (including phenoxy) is 1. The monoisotopic (exact) mass is 320 g/mol. The highest BCUT2D eigenvalue weighted by atomic mass is 32.2. The van der Waals surface area contributed by atoms with E-state index in [2.05, 4.69) is 10.2 Å². The topological polar surface area (TPSA) is 75.7 Å². The number of hydrogen-bond donors (Lipinski definition) is 1. The van der Waals surface area contributed by atoms with E-state index in [0.29, 0.717) is 19.4 Å². The van der Waals surface area contributed by atoms with Crippen molar-refractivity contribution in [2.75, 3.05) is 32.2 Å². The van der Waals surface area contributed by atoms with E-state index in [0.717, 1.165) is 0 Å². The second-order valence-electron chi connectivity index (χ2n) is 6.13. The van der Waals surface area contributed by atoms with Crippen LogP contribution < -0.4 is 5.32 Å². The van der Waals surface area contributed by atoms with Gasteiger partial charge in [0.1, 0.15) is 5.54 Å². The lowest BCUT2D eigenvalue weighted by Gasteiger charge is -2.36. The molecule has 7 heteroatoms. The van der Waals surface area contributed by atoms with Crippen LogP contribution >= 0.6 is 0 Å². The van der Waals surface area contributed by atoms with Crippen molar-refractivity contribution in [3.05, 3.63) is 0 Å². The maximum atomic E-state index is 12.0. The lowest BCUT2D eigenvalue weighted by atomic mass is 9.92. The number of nitrogens with one attached hydrogen (secondary N) is 1. The summed E-state index contributed by atoms with van der Waals surface area (Å²) >= 11 is 0. The van der Waals surface area contributed by atoms with Gasteiger partial charge in [-0.05, 0) is 40.3 Å². The van der Waals surface area contributed by atoms with Gasteiger partial charge in [0, 0.05) is 12.1 Å². The summed E-state index contributed by atoms with van der Waals surface area (Å²) < 4.78 is 28.1. The van der Waals surface area contributed by atoms with Crippen LogP contribution in [0.5, 0.6) is 0 Å². The summed E-state index contributed by atoms with van der Waals surface area (Å²) in [6.07, 6.45) is 1.24. The van der Waals surface area contributed by atoms with Gasteiger partial charge in [-0.1, -0.05) is 6.92 Å².